The summed E-state index contributed by atoms with van der Waals surface area (Å²) in [6.07, 6.45) is 1.52. The molecule has 8 nitrogen and oxygen atoms in total. The van der Waals surface area contributed by atoms with Gasteiger partial charge in [0.25, 0.3) is 5.69 Å². The van der Waals surface area contributed by atoms with E-state index in [2.05, 4.69) is 11.6 Å². The standard InChI is InChI=1S/C22H20N2O6/c1-13(2)12-29-20-15(6-5-7-19(20)28-4)10-17-22(25)30-21(23-17)16-9-8-14(3)18(11-16)24(26)27/h5-11H,1,12H2,2-4H3/b17-10-. The Hall–Kier alpha value is -3.94. The van der Waals surface area contributed by atoms with Crippen molar-refractivity contribution in [2.45, 2.75) is 13.8 Å². The van der Waals surface area contributed by atoms with Crippen molar-refractivity contribution in [2.75, 3.05) is 13.7 Å². The molecule has 1 heterocycles. The zero-order chi connectivity index (χ0) is 21.8. The van der Waals surface area contributed by atoms with Gasteiger partial charge in [-0.2, -0.15) is 0 Å². The van der Waals surface area contributed by atoms with Gasteiger partial charge in [0.05, 0.1) is 12.0 Å². The number of carbonyl (C=O) groups is 1. The van der Waals surface area contributed by atoms with Crippen LogP contribution in [0.4, 0.5) is 5.69 Å². The van der Waals surface area contributed by atoms with Gasteiger partial charge in [-0.05, 0) is 37.6 Å². The zero-order valence-electron chi connectivity index (χ0n) is 16.8. The molecule has 8 heteroatoms. The lowest BCUT2D eigenvalue weighted by atomic mass is 10.1. The molecule has 2 aromatic rings. The van der Waals surface area contributed by atoms with Crippen molar-refractivity contribution in [2.24, 2.45) is 4.99 Å². The maximum atomic E-state index is 12.4. The van der Waals surface area contributed by atoms with Gasteiger partial charge in [0.2, 0.25) is 5.90 Å². The van der Waals surface area contributed by atoms with Crippen molar-refractivity contribution < 1.29 is 23.9 Å². The highest BCUT2D eigenvalue weighted by atomic mass is 16.6. The number of rotatable bonds is 7. The Labute approximate surface area is 173 Å². The van der Waals surface area contributed by atoms with E-state index in [0.29, 0.717) is 28.2 Å². The number of benzene rings is 2. The molecule has 154 valence electrons. The summed E-state index contributed by atoms with van der Waals surface area (Å²) in [5.74, 6) is 0.275. The van der Waals surface area contributed by atoms with Gasteiger partial charge in [0.15, 0.2) is 17.2 Å². The highest BCUT2D eigenvalue weighted by Gasteiger charge is 2.26. The van der Waals surface area contributed by atoms with E-state index < -0.39 is 10.9 Å². The molecule has 0 atom stereocenters. The molecule has 2 aromatic carbocycles. The molecule has 0 unspecified atom stereocenters. The van der Waals surface area contributed by atoms with Gasteiger partial charge < -0.3 is 14.2 Å². The molecule has 0 aliphatic carbocycles. The molecule has 0 N–H and O–H groups in total. The summed E-state index contributed by atoms with van der Waals surface area (Å²) in [5, 5.41) is 11.2. The zero-order valence-corrected chi connectivity index (χ0v) is 16.8. The highest BCUT2D eigenvalue weighted by Crippen LogP contribution is 2.34. The predicted molar refractivity (Wildman–Crippen MR) is 112 cm³/mol. The summed E-state index contributed by atoms with van der Waals surface area (Å²) in [7, 11) is 1.52. The lowest BCUT2D eigenvalue weighted by Gasteiger charge is -2.13. The number of nitrogens with zero attached hydrogens (tertiary/aromatic N) is 2. The summed E-state index contributed by atoms with van der Waals surface area (Å²) < 4.78 is 16.4. The maximum Gasteiger partial charge on any atom is 0.363 e. The van der Waals surface area contributed by atoms with Gasteiger partial charge >= 0.3 is 5.97 Å². The van der Waals surface area contributed by atoms with E-state index in [1.165, 1.54) is 19.3 Å². The number of nitro groups is 1. The number of methoxy groups -OCH3 is 1. The number of hydrogen-bond donors (Lipinski definition) is 0. The molecule has 0 saturated carbocycles. The van der Waals surface area contributed by atoms with Crippen LogP contribution in [0, 0.1) is 17.0 Å². The fourth-order valence-electron chi connectivity index (χ4n) is 2.78. The van der Waals surface area contributed by atoms with Crippen molar-refractivity contribution in [3.05, 3.63) is 81.1 Å². The summed E-state index contributed by atoms with van der Waals surface area (Å²) in [4.78, 5) is 27.3. The van der Waals surface area contributed by atoms with E-state index >= 15 is 0 Å². The van der Waals surface area contributed by atoms with Crippen LogP contribution in [0.5, 0.6) is 11.5 Å². The highest BCUT2D eigenvalue weighted by molar-refractivity contribution is 6.13. The quantitative estimate of drug-likeness (QED) is 0.224. The van der Waals surface area contributed by atoms with Crippen molar-refractivity contribution in [1.29, 1.82) is 0 Å². The van der Waals surface area contributed by atoms with Crippen LogP contribution in [-0.4, -0.2) is 30.5 Å². The Bertz CT molecular complexity index is 1100. The molecule has 3 rings (SSSR count). The number of aliphatic imine (C=N–C) groups is 1. The van der Waals surface area contributed by atoms with Crippen LogP contribution < -0.4 is 9.47 Å². The summed E-state index contributed by atoms with van der Waals surface area (Å²) in [6.45, 7) is 7.56. The van der Waals surface area contributed by atoms with Crippen molar-refractivity contribution in [3.8, 4) is 11.5 Å². The predicted octanol–water partition coefficient (Wildman–Crippen LogP) is 4.21. The van der Waals surface area contributed by atoms with E-state index in [1.54, 1.807) is 37.3 Å². The van der Waals surface area contributed by atoms with Gasteiger partial charge in [-0.1, -0.05) is 24.8 Å². The van der Waals surface area contributed by atoms with E-state index in [0.717, 1.165) is 5.57 Å². The first-order valence-electron chi connectivity index (χ1n) is 9.02. The Balaban J connectivity index is 2.00. The molecule has 0 spiro atoms. The van der Waals surface area contributed by atoms with Crippen LogP contribution in [-0.2, 0) is 9.53 Å². The molecular weight excluding hydrogens is 388 g/mol. The third-order valence-corrected chi connectivity index (χ3v) is 4.26. The van der Waals surface area contributed by atoms with Crippen molar-refractivity contribution >= 4 is 23.6 Å². The van der Waals surface area contributed by atoms with Gasteiger partial charge in [-0.15, -0.1) is 0 Å². The lowest BCUT2D eigenvalue weighted by Crippen LogP contribution is -2.06. The second-order valence-electron chi connectivity index (χ2n) is 6.72. The Morgan fingerprint density at radius 1 is 1.33 bits per heavy atom. The molecule has 0 amide bonds. The Morgan fingerprint density at radius 3 is 2.77 bits per heavy atom. The Morgan fingerprint density at radius 2 is 2.10 bits per heavy atom. The average molecular weight is 408 g/mol. The van der Waals surface area contributed by atoms with Gasteiger partial charge in [-0.3, -0.25) is 10.1 Å². The van der Waals surface area contributed by atoms with Crippen molar-refractivity contribution in [3.63, 3.8) is 0 Å². The second-order valence-corrected chi connectivity index (χ2v) is 6.72. The molecule has 1 aliphatic heterocycles. The SMILES string of the molecule is C=C(C)COc1c(/C=C2\N=C(c3ccc(C)c([N+](=O)[O-])c3)OC2=O)cccc1OC. The fraction of sp³-hybridized carbons (Fsp3) is 0.182. The number of nitro benzene ring substituents is 1. The van der Waals surface area contributed by atoms with Crippen LogP contribution in [0.1, 0.15) is 23.6 Å². The van der Waals surface area contributed by atoms with Crippen LogP contribution >= 0.6 is 0 Å². The molecule has 0 fully saturated rings. The molecule has 0 saturated heterocycles. The van der Waals surface area contributed by atoms with E-state index in [-0.39, 0.29) is 23.9 Å². The Kier molecular flexibility index (Phi) is 5.96. The normalized spacial score (nSPS) is 14.3. The average Bonchev–Trinajstić information content (AvgIpc) is 3.07. The monoisotopic (exact) mass is 408 g/mol. The van der Waals surface area contributed by atoms with E-state index in [9.17, 15) is 14.9 Å². The lowest BCUT2D eigenvalue weighted by molar-refractivity contribution is -0.385. The summed E-state index contributed by atoms with van der Waals surface area (Å²) >= 11 is 0. The largest absolute Gasteiger partial charge is 0.493 e. The number of ether oxygens (including phenoxy) is 3. The number of esters is 1. The number of cyclic esters (lactones) is 1. The topological polar surface area (TPSA) is 100 Å². The summed E-state index contributed by atoms with van der Waals surface area (Å²) in [5.41, 5.74) is 2.20. The fourth-order valence-corrected chi connectivity index (χ4v) is 2.78. The number of aryl methyl sites for hydroxylation is 1. The van der Waals surface area contributed by atoms with Gasteiger partial charge in [0, 0.05) is 22.8 Å². The van der Waals surface area contributed by atoms with E-state index in [1.807, 2.05) is 6.92 Å². The first-order valence-corrected chi connectivity index (χ1v) is 9.02. The van der Waals surface area contributed by atoms with Crippen LogP contribution in [0.25, 0.3) is 6.08 Å². The first kappa shape index (κ1) is 20.8. The smallest absolute Gasteiger partial charge is 0.363 e. The molecule has 0 aromatic heterocycles. The van der Waals surface area contributed by atoms with Crippen molar-refractivity contribution in [1.82, 2.24) is 0 Å². The number of hydrogen-bond acceptors (Lipinski definition) is 7. The summed E-state index contributed by atoms with van der Waals surface area (Å²) in [6, 6.07) is 9.77. The minimum Gasteiger partial charge on any atom is -0.493 e. The molecule has 0 bridgehead atoms. The minimum absolute atomic E-state index is 0.00153. The van der Waals surface area contributed by atoms with Gasteiger partial charge in [0.1, 0.15) is 6.61 Å². The number of para-hydroxylation sites is 1. The molecule has 30 heavy (non-hydrogen) atoms. The van der Waals surface area contributed by atoms with Crippen LogP contribution in [0.2, 0.25) is 0 Å². The van der Waals surface area contributed by atoms with Crippen LogP contribution in [0.3, 0.4) is 0 Å². The maximum absolute atomic E-state index is 12.4. The molecule has 0 radical (unpaired) electrons. The third-order valence-electron chi connectivity index (χ3n) is 4.26. The first-order chi connectivity index (χ1) is 14.3. The second kappa shape index (κ2) is 8.60. The molecule has 1 aliphatic rings. The van der Waals surface area contributed by atoms with Crippen LogP contribution in [0.15, 0.2) is 59.2 Å². The number of carbonyl (C=O) groups excluding carboxylic acids is 1. The third kappa shape index (κ3) is 4.38. The van der Waals surface area contributed by atoms with E-state index in [4.69, 9.17) is 14.2 Å². The van der Waals surface area contributed by atoms with Gasteiger partial charge in [-0.25, -0.2) is 9.79 Å². The molecular formula is C22H20N2O6. The minimum atomic E-state index is -0.665.